The fraction of sp³-hybridized carbons (Fsp3) is 0.947. The molecule has 0 rings (SSSR count). The summed E-state index contributed by atoms with van der Waals surface area (Å²) in [4.78, 5) is 28.2. The first-order valence-electron chi connectivity index (χ1n) is 18.9. The normalized spacial score (nSPS) is 12.9. The van der Waals surface area contributed by atoms with Gasteiger partial charge in [0.1, 0.15) is 12.7 Å². The molecule has 0 N–H and O–H groups in total. The Morgan fingerprint density at radius 2 is 0.953 bits per heavy atom. The maximum atomic E-state index is 13.2. The Kier molecular flexibility index (Phi) is 31.5. The second-order valence-electron chi connectivity index (χ2n) is 13.4. The number of hydrogen-bond acceptors (Lipinski definition) is 5. The van der Waals surface area contributed by atoms with Crippen LogP contribution in [0.15, 0.2) is 0 Å². The Bertz CT molecular complexity index is 609. The van der Waals surface area contributed by atoms with Gasteiger partial charge in [0.25, 0.3) is 0 Å². The van der Waals surface area contributed by atoms with Crippen LogP contribution in [0.3, 0.4) is 0 Å². The van der Waals surface area contributed by atoms with Crippen LogP contribution < -0.4 is 0 Å². The molecule has 2 atom stereocenters. The van der Waals surface area contributed by atoms with E-state index in [2.05, 4.69) is 39.8 Å². The van der Waals surface area contributed by atoms with Crippen LogP contribution in [0.2, 0.25) is 0 Å². The Morgan fingerprint density at radius 3 is 1.47 bits per heavy atom. The molecule has 0 radical (unpaired) electrons. The summed E-state index contributed by atoms with van der Waals surface area (Å²) in [5.74, 6) is -0.221. The Morgan fingerprint density at radius 1 is 0.535 bits per heavy atom. The standard InChI is InChI=1S/C38H75NO4/c1-6-9-12-15-17-18-19-21-26-31-36(43-37(40)32-27-22-23-28-33-39(4)5)34-42-38(41)35(29-24-14-11-8-3)30-25-20-16-13-10-7-2/h35-36H,6-34H2,1-5H3. The third kappa shape index (κ3) is 29.4. The molecule has 0 aliphatic heterocycles. The highest BCUT2D eigenvalue weighted by Gasteiger charge is 2.22. The predicted octanol–water partition coefficient (Wildman–Crippen LogP) is 11.2. The summed E-state index contributed by atoms with van der Waals surface area (Å²) in [7, 11) is 4.20. The molecule has 2 unspecified atom stereocenters. The van der Waals surface area contributed by atoms with Crippen molar-refractivity contribution < 1.29 is 19.1 Å². The van der Waals surface area contributed by atoms with Gasteiger partial charge in [-0.25, -0.2) is 0 Å². The van der Waals surface area contributed by atoms with Gasteiger partial charge >= 0.3 is 11.9 Å². The minimum atomic E-state index is -0.315. The minimum Gasteiger partial charge on any atom is -0.462 e. The van der Waals surface area contributed by atoms with E-state index in [0.29, 0.717) is 6.42 Å². The lowest BCUT2D eigenvalue weighted by Gasteiger charge is -2.21. The Hall–Kier alpha value is -1.10. The van der Waals surface area contributed by atoms with E-state index < -0.39 is 0 Å². The summed E-state index contributed by atoms with van der Waals surface area (Å²) < 4.78 is 11.8. The SMILES string of the molecule is CCCCCCCCCCCC(COC(=O)C(CCCCCC)CCCCCCCC)OC(=O)CCCCCCN(C)C. The topological polar surface area (TPSA) is 55.8 Å². The summed E-state index contributed by atoms with van der Waals surface area (Å²) in [6.45, 7) is 8.04. The quantitative estimate of drug-likeness (QED) is 0.0547. The van der Waals surface area contributed by atoms with Crippen molar-refractivity contribution in [1.29, 1.82) is 0 Å². The van der Waals surface area contributed by atoms with Crippen molar-refractivity contribution in [2.24, 2.45) is 5.92 Å². The Labute approximate surface area is 269 Å². The van der Waals surface area contributed by atoms with Crippen LogP contribution in [0.4, 0.5) is 0 Å². The van der Waals surface area contributed by atoms with Gasteiger partial charge in [0, 0.05) is 6.42 Å². The summed E-state index contributed by atoms with van der Waals surface area (Å²) in [6.07, 6.45) is 30.5. The molecule has 43 heavy (non-hydrogen) atoms. The first-order chi connectivity index (χ1) is 20.9. The molecule has 5 nitrogen and oxygen atoms in total. The second-order valence-corrected chi connectivity index (χ2v) is 13.4. The molecule has 5 heteroatoms. The molecule has 0 saturated heterocycles. The van der Waals surface area contributed by atoms with Gasteiger partial charge in [-0.05, 0) is 59.2 Å². The highest BCUT2D eigenvalue weighted by Crippen LogP contribution is 2.21. The van der Waals surface area contributed by atoms with Gasteiger partial charge in [0.15, 0.2) is 0 Å². The van der Waals surface area contributed by atoms with E-state index in [1.165, 1.54) is 96.3 Å². The fourth-order valence-electron chi connectivity index (χ4n) is 5.82. The molecule has 0 aromatic carbocycles. The Balaban J connectivity index is 4.78. The number of esters is 2. The van der Waals surface area contributed by atoms with E-state index in [-0.39, 0.29) is 30.6 Å². The lowest BCUT2D eigenvalue weighted by atomic mass is 9.94. The van der Waals surface area contributed by atoms with E-state index in [1.54, 1.807) is 0 Å². The summed E-state index contributed by atoms with van der Waals surface area (Å²) in [5.41, 5.74) is 0. The fourth-order valence-corrected chi connectivity index (χ4v) is 5.82. The zero-order valence-electron chi connectivity index (χ0n) is 29.7. The third-order valence-corrected chi connectivity index (χ3v) is 8.72. The van der Waals surface area contributed by atoms with Crippen molar-refractivity contribution in [3.8, 4) is 0 Å². The lowest BCUT2D eigenvalue weighted by Crippen LogP contribution is -2.28. The molecular formula is C38H75NO4. The van der Waals surface area contributed by atoms with E-state index in [9.17, 15) is 9.59 Å². The first kappa shape index (κ1) is 41.9. The zero-order chi connectivity index (χ0) is 31.8. The molecule has 0 spiro atoms. The van der Waals surface area contributed by atoms with Crippen molar-refractivity contribution in [2.75, 3.05) is 27.2 Å². The van der Waals surface area contributed by atoms with Crippen molar-refractivity contribution in [1.82, 2.24) is 4.90 Å². The molecule has 0 aliphatic carbocycles. The van der Waals surface area contributed by atoms with E-state index in [0.717, 1.165) is 77.2 Å². The second kappa shape index (κ2) is 32.3. The average Bonchev–Trinajstić information content (AvgIpc) is 2.99. The van der Waals surface area contributed by atoms with Crippen LogP contribution in [0.25, 0.3) is 0 Å². The van der Waals surface area contributed by atoms with Gasteiger partial charge < -0.3 is 14.4 Å². The van der Waals surface area contributed by atoms with Gasteiger partial charge in [0.2, 0.25) is 0 Å². The van der Waals surface area contributed by atoms with Crippen molar-refractivity contribution in [3.63, 3.8) is 0 Å². The molecule has 0 heterocycles. The lowest BCUT2D eigenvalue weighted by molar-refractivity contribution is -0.162. The highest BCUT2D eigenvalue weighted by atomic mass is 16.6. The van der Waals surface area contributed by atoms with Crippen molar-refractivity contribution in [2.45, 2.75) is 200 Å². The maximum absolute atomic E-state index is 13.2. The molecule has 0 aliphatic rings. The van der Waals surface area contributed by atoms with E-state index >= 15 is 0 Å². The minimum absolute atomic E-state index is 0.0192. The molecule has 0 saturated carbocycles. The number of rotatable bonds is 33. The van der Waals surface area contributed by atoms with Crippen LogP contribution in [-0.2, 0) is 19.1 Å². The molecule has 0 aromatic rings. The molecule has 0 aromatic heterocycles. The van der Waals surface area contributed by atoms with Gasteiger partial charge in [-0.15, -0.1) is 0 Å². The van der Waals surface area contributed by atoms with Crippen LogP contribution in [0.1, 0.15) is 194 Å². The van der Waals surface area contributed by atoms with E-state index in [1.807, 2.05) is 0 Å². The number of carbonyl (C=O) groups excluding carboxylic acids is 2. The third-order valence-electron chi connectivity index (χ3n) is 8.72. The highest BCUT2D eigenvalue weighted by molar-refractivity contribution is 5.72. The van der Waals surface area contributed by atoms with Crippen molar-refractivity contribution in [3.05, 3.63) is 0 Å². The number of hydrogen-bond donors (Lipinski definition) is 0. The van der Waals surface area contributed by atoms with Crippen LogP contribution in [-0.4, -0.2) is 50.2 Å². The molecular weight excluding hydrogens is 534 g/mol. The predicted molar refractivity (Wildman–Crippen MR) is 185 cm³/mol. The van der Waals surface area contributed by atoms with Gasteiger partial charge in [-0.2, -0.15) is 0 Å². The summed E-state index contributed by atoms with van der Waals surface area (Å²) in [6, 6.07) is 0. The van der Waals surface area contributed by atoms with Crippen LogP contribution >= 0.6 is 0 Å². The maximum Gasteiger partial charge on any atom is 0.309 e. The summed E-state index contributed by atoms with van der Waals surface area (Å²) >= 11 is 0. The van der Waals surface area contributed by atoms with Gasteiger partial charge in [0.05, 0.1) is 5.92 Å². The molecule has 0 fully saturated rings. The van der Waals surface area contributed by atoms with Gasteiger partial charge in [-0.3, -0.25) is 9.59 Å². The molecule has 0 bridgehead atoms. The van der Waals surface area contributed by atoms with Crippen LogP contribution in [0.5, 0.6) is 0 Å². The van der Waals surface area contributed by atoms with E-state index in [4.69, 9.17) is 9.47 Å². The average molecular weight is 610 g/mol. The molecule has 256 valence electrons. The first-order valence-corrected chi connectivity index (χ1v) is 18.9. The number of ether oxygens (including phenoxy) is 2. The smallest absolute Gasteiger partial charge is 0.309 e. The largest absolute Gasteiger partial charge is 0.462 e. The monoisotopic (exact) mass is 610 g/mol. The number of nitrogens with zero attached hydrogens (tertiary/aromatic N) is 1. The number of carbonyl (C=O) groups is 2. The van der Waals surface area contributed by atoms with Gasteiger partial charge in [-0.1, -0.05) is 149 Å². The van der Waals surface area contributed by atoms with Crippen molar-refractivity contribution >= 4 is 11.9 Å². The summed E-state index contributed by atoms with van der Waals surface area (Å²) in [5, 5.41) is 0. The number of unbranched alkanes of at least 4 members (excludes halogenated alkanes) is 19. The zero-order valence-corrected chi connectivity index (χ0v) is 29.7. The van der Waals surface area contributed by atoms with Crippen LogP contribution in [0, 0.1) is 5.92 Å². The molecule has 0 amide bonds.